The quantitative estimate of drug-likeness (QED) is 0.857. The highest BCUT2D eigenvalue weighted by Gasteiger charge is 2.46. The summed E-state index contributed by atoms with van der Waals surface area (Å²) < 4.78 is 0. The van der Waals surface area contributed by atoms with Gasteiger partial charge in [-0.25, -0.2) is 0 Å². The lowest BCUT2D eigenvalue weighted by atomic mass is 9.63. The van der Waals surface area contributed by atoms with Gasteiger partial charge >= 0.3 is 5.97 Å². The summed E-state index contributed by atoms with van der Waals surface area (Å²) in [6.45, 7) is 3.90. The van der Waals surface area contributed by atoms with Crippen LogP contribution in [0.15, 0.2) is 12.1 Å². The normalized spacial score (nSPS) is 17.9. The van der Waals surface area contributed by atoms with Gasteiger partial charge in [0, 0.05) is 5.02 Å². The van der Waals surface area contributed by atoms with Crippen molar-refractivity contribution in [1.82, 2.24) is 0 Å². The Morgan fingerprint density at radius 3 is 2.38 bits per heavy atom. The number of hydrogen-bond acceptors (Lipinski definition) is 1. The number of carbonyl (C=O) groups is 1. The highest BCUT2D eigenvalue weighted by Crippen LogP contribution is 2.46. The second kappa shape index (κ2) is 3.77. The minimum Gasteiger partial charge on any atom is -0.481 e. The zero-order valence-electron chi connectivity index (χ0n) is 9.51. The molecule has 16 heavy (non-hydrogen) atoms. The molecule has 2 rings (SSSR count). The van der Waals surface area contributed by atoms with Crippen molar-refractivity contribution in [3.05, 3.63) is 33.8 Å². The largest absolute Gasteiger partial charge is 0.481 e. The summed E-state index contributed by atoms with van der Waals surface area (Å²) in [5, 5.41) is 10.0. The van der Waals surface area contributed by atoms with E-state index in [0.717, 1.165) is 36.0 Å². The summed E-state index contributed by atoms with van der Waals surface area (Å²) in [5.74, 6) is -0.721. The zero-order valence-corrected chi connectivity index (χ0v) is 10.3. The Labute approximate surface area is 100 Å². The van der Waals surface area contributed by atoms with E-state index < -0.39 is 11.4 Å². The lowest BCUT2D eigenvalue weighted by Gasteiger charge is -2.39. The topological polar surface area (TPSA) is 37.3 Å². The SMILES string of the molecule is Cc1cc(C)c(C2(C(=O)O)CCC2)cc1Cl. The first-order chi connectivity index (χ1) is 7.47. The van der Waals surface area contributed by atoms with E-state index in [1.165, 1.54) is 0 Å². The third-order valence-corrected chi connectivity index (χ3v) is 4.04. The molecule has 0 aromatic heterocycles. The van der Waals surface area contributed by atoms with Gasteiger partial charge in [0.15, 0.2) is 0 Å². The predicted octanol–water partition coefficient (Wildman–Crippen LogP) is 3.46. The molecule has 0 unspecified atom stereocenters. The molecule has 0 atom stereocenters. The van der Waals surface area contributed by atoms with Crippen LogP contribution in [0.3, 0.4) is 0 Å². The van der Waals surface area contributed by atoms with Crippen molar-refractivity contribution in [3.8, 4) is 0 Å². The van der Waals surface area contributed by atoms with Crippen LogP contribution in [-0.2, 0) is 10.2 Å². The second-order valence-corrected chi connectivity index (χ2v) is 5.06. The molecular weight excluding hydrogens is 224 g/mol. The molecule has 1 aliphatic rings. The van der Waals surface area contributed by atoms with Gasteiger partial charge in [0.1, 0.15) is 0 Å². The molecule has 0 spiro atoms. The minimum atomic E-state index is -0.721. The molecule has 0 heterocycles. The summed E-state index contributed by atoms with van der Waals surface area (Å²) in [5.41, 5.74) is 2.25. The minimum absolute atomic E-state index is 0.660. The number of aryl methyl sites for hydroxylation is 2. The summed E-state index contributed by atoms with van der Waals surface area (Å²) in [7, 11) is 0. The van der Waals surface area contributed by atoms with Gasteiger partial charge in [0.2, 0.25) is 0 Å². The summed E-state index contributed by atoms with van der Waals surface area (Å²) in [6.07, 6.45) is 2.43. The van der Waals surface area contributed by atoms with Crippen molar-refractivity contribution in [2.45, 2.75) is 38.5 Å². The van der Waals surface area contributed by atoms with Crippen molar-refractivity contribution in [3.63, 3.8) is 0 Å². The fourth-order valence-electron chi connectivity index (χ4n) is 2.47. The summed E-state index contributed by atoms with van der Waals surface area (Å²) in [4.78, 5) is 11.4. The van der Waals surface area contributed by atoms with Crippen LogP contribution < -0.4 is 0 Å². The van der Waals surface area contributed by atoms with E-state index in [9.17, 15) is 9.90 Å². The molecule has 0 bridgehead atoms. The number of carboxylic acid groups (broad SMARTS) is 1. The van der Waals surface area contributed by atoms with E-state index >= 15 is 0 Å². The van der Waals surface area contributed by atoms with Gasteiger partial charge < -0.3 is 5.11 Å². The van der Waals surface area contributed by atoms with Crippen molar-refractivity contribution < 1.29 is 9.90 Å². The third kappa shape index (κ3) is 1.52. The van der Waals surface area contributed by atoms with Crippen molar-refractivity contribution >= 4 is 17.6 Å². The van der Waals surface area contributed by atoms with Crippen LogP contribution in [0.4, 0.5) is 0 Å². The Balaban J connectivity index is 2.55. The Bertz CT molecular complexity index is 447. The van der Waals surface area contributed by atoms with E-state index in [1.807, 2.05) is 26.0 Å². The number of aliphatic carboxylic acids is 1. The number of rotatable bonds is 2. The van der Waals surface area contributed by atoms with E-state index in [4.69, 9.17) is 11.6 Å². The van der Waals surface area contributed by atoms with Gasteiger partial charge in [0.05, 0.1) is 5.41 Å². The van der Waals surface area contributed by atoms with Crippen LogP contribution in [0.1, 0.15) is 36.0 Å². The van der Waals surface area contributed by atoms with Gasteiger partial charge in [0.25, 0.3) is 0 Å². The van der Waals surface area contributed by atoms with Crippen molar-refractivity contribution in [2.75, 3.05) is 0 Å². The fourth-order valence-corrected chi connectivity index (χ4v) is 2.63. The highest BCUT2D eigenvalue weighted by atomic mass is 35.5. The fraction of sp³-hybridized carbons (Fsp3) is 0.462. The third-order valence-electron chi connectivity index (χ3n) is 3.64. The first-order valence-electron chi connectivity index (χ1n) is 5.48. The van der Waals surface area contributed by atoms with Crippen LogP contribution in [0.25, 0.3) is 0 Å². The number of halogens is 1. The first-order valence-corrected chi connectivity index (χ1v) is 5.86. The van der Waals surface area contributed by atoms with Gasteiger partial charge in [-0.2, -0.15) is 0 Å². The second-order valence-electron chi connectivity index (χ2n) is 4.66. The molecule has 2 nitrogen and oxygen atoms in total. The van der Waals surface area contributed by atoms with Crippen LogP contribution in [0.2, 0.25) is 5.02 Å². The molecule has 1 aliphatic carbocycles. The van der Waals surface area contributed by atoms with Crippen LogP contribution in [0.5, 0.6) is 0 Å². The van der Waals surface area contributed by atoms with E-state index in [2.05, 4.69) is 0 Å². The molecule has 1 aromatic carbocycles. The van der Waals surface area contributed by atoms with Gasteiger partial charge in [-0.1, -0.05) is 24.1 Å². The van der Waals surface area contributed by atoms with Crippen molar-refractivity contribution in [2.24, 2.45) is 0 Å². The number of benzene rings is 1. The molecular formula is C13H15ClO2. The van der Waals surface area contributed by atoms with Crippen LogP contribution in [0, 0.1) is 13.8 Å². The lowest BCUT2D eigenvalue weighted by molar-refractivity contribution is -0.147. The van der Waals surface area contributed by atoms with Gasteiger partial charge in [-0.3, -0.25) is 4.79 Å². The molecule has 1 aromatic rings. The molecule has 1 N–H and O–H groups in total. The molecule has 0 aliphatic heterocycles. The van der Waals surface area contributed by atoms with Crippen LogP contribution >= 0.6 is 11.6 Å². The number of carboxylic acids is 1. The zero-order chi connectivity index (χ0) is 11.9. The standard InChI is InChI=1S/C13H15ClO2/c1-8-6-9(2)11(14)7-10(8)13(12(15)16)4-3-5-13/h6-7H,3-5H2,1-2H3,(H,15,16). The average Bonchev–Trinajstić information content (AvgIpc) is 2.11. The average molecular weight is 239 g/mol. The molecule has 0 amide bonds. The Hall–Kier alpha value is -1.02. The van der Waals surface area contributed by atoms with E-state index in [-0.39, 0.29) is 0 Å². The maximum Gasteiger partial charge on any atom is 0.314 e. The van der Waals surface area contributed by atoms with E-state index in [1.54, 1.807) is 0 Å². The molecule has 3 heteroatoms. The monoisotopic (exact) mass is 238 g/mol. The summed E-state index contributed by atoms with van der Waals surface area (Å²) >= 11 is 6.08. The summed E-state index contributed by atoms with van der Waals surface area (Å²) in [6, 6.07) is 3.81. The predicted molar refractivity (Wildman–Crippen MR) is 64.1 cm³/mol. The van der Waals surface area contributed by atoms with Gasteiger partial charge in [-0.05, 0) is 49.4 Å². The first kappa shape index (κ1) is 11.5. The van der Waals surface area contributed by atoms with Crippen LogP contribution in [-0.4, -0.2) is 11.1 Å². The van der Waals surface area contributed by atoms with Crippen molar-refractivity contribution in [1.29, 1.82) is 0 Å². The Morgan fingerprint density at radius 2 is 1.94 bits per heavy atom. The smallest absolute Gasteiger partial charge is 0.314 e. The molecule has 0 saturated heterocycles. The number of hydrogen-bond donors (Lipinski definition) is 1. The molecule has 86 valence electrons. The Kier molecular flexibility index (Phi) is 2.70. The van der Waals surface area contributed by atoms with Gasteiger partial charge in [-0.15, -0.1) is 0 Å². The van der Waals surface area contributed by atoms with E-state index in [0.29, 0.717) is 5.02 Å². The maximum atomic E-state index is 11.4. The highest BCUT2D eigenvalue weighted by molar-refractivity contribution is 6.31. The molecule has 1 saturated carbocycles. The molecule has 0 radical (unpaired) electrons. The maximum absolute atomic E-state index is 11.4. The molecule has 1 fully saturated rings. The Morgan fingerprint density at radius 1 is 1.31 bits per heavy atom. The lowest BCUT2D eigenvalue weighted by Crippen LogP contribution is -2.42.